The van der Waals surface area contributed by atoms with Gasteiger partial charge in [0.05, 0.1) is 40.6 Å². The number of nitrogens with one attached hydrogen (secondary N) is 2. The van der Waals surface area contributed by atoms with Gasteiger partial charge in [0.25, 0.3) is 5.91 Å². The van der Waals surface area contributed by atoms with E-state index < -0.39 is 0 Å². The van der Waals surface area contributed by atoms with Gasteiger partial charge in [0.1, 0.15) is 17.1 Å². The molecule has 0 aliphatic carbocycles. The number of piperidine rings is 3. The van der Waals surface area contributed by atoms with Crippen molar-refractivity contribution in [2.45, 2.75) is 45.7 Å². The van der Waals surface area contributed by atoms with Gasteiger partial charge < -0.3 is 34.1 Å². The lowest BCUT2D eigenvalue weighted by molar-refractivity contribution is 0.0262. The van der Waals surface area contributed by atoms with Crippen LogP contribution >= 0.6 is 0 Å². The molecule has 236 valence electrons. The maximum atomic E-state index is 13.7. The number of fused-ring (bicyclic) bond motifs is 4. The van der Waals surface area contributed by atoms with Gasteiger partial charge in [-0.05, 0) is 103 Å². The quantitative estimate of drug-likeness (QED) is 0.214. The number of pyridine rings is 1. The van der Waals surface area contributed by atoms with Gasteiger partial charge in [-0.15, -0.1) is 0 Å². The van der Waals surface area contributed by atoms with E-state index in [1.165, 1.54) is 6.20 Å². The number of aromatic nitrogens is 1. The molecule has 0 unspecified atom stereocenters. The first kappa shape index (κ1) is 30.8. The third-order valence-electron chi connectivity index (χ3n) is 9.32. The van der Waals surface area contributed by atoms with Crippen molar-refractivity contribution < 1.29 is 23.7 Å². The highest BCUT2D eigenvalue weighted by Gasteiger charge is 2.39. The molecule has 9 heteroatoms. The van der Waals surface area contributed by atoms with Crippen molar-refractivity contribution in [3.05, 3.63) is 105 Å². The van der Waals surface area contributed by atoms with E-state index >= 15 is 0 Å². The van der Waals surface area contributed by atoms with E-state index in [1.807, 2.05) is 60.7 Å². The van der Waals surface area contributed by atoms with Crippen molar-refractivity contribution in [2.24, 2.45) is 5.41 Å². The number of methoxy groups -OCH3 is 2. The Labute approximate surface area is 263 Å². The summed E-state index contributed by atoms with van der Waals surface area (Å²) in [5, 5.41) is 3.54. The number of carbonyl (C=O) groups excluding carboxylic acids is 1. The molecule has 3 saturated heterocycles. The zero-order valence-electron chi connectivity index (χ0n) is 26.0. The molecule has 4 heterocycles. The van der Waals surface area contributed by atoms with Crippen molar-refractivity contribution in [1.82, 2.24) is 15.2 Å². The van der Waals surface area contributed by atoms with Gasteiger partial charge in [-0.2, -0.15) is 0 Å². The number of benzene rings is 3. The van der Waals surface area contributed by atoms with Gasteiger partial charge in [0.15, 0.2) is 0 Å². The average Bonchev–Trinajstić information content (AvgIpc) is 3.09. The van der Waals surface area contributed by atoms with Gasteiger partial charge in [0, 0.05) is 23.6 Å². The minimum atomic E-state index is -0.329. The Kier molecular flexibility index (Phi) is 9.49. The summed E-state index contributed by atoms with van der Waals surface area (Å²) in [5.74, 6) is 1.25. The van der Waals surface area contributed by atoms with Crippen molar-refractivity contribution in [2.75, 3.05) is 40.4 Å². The van der Waals surface area contributed by atoms with Gasteiger partial charge in [-0.1, -0.05) is 24.3 Å². The average molecular weight is 612 g/mol. The molecule has 0 atom stereocenters. The molecular weight excluding hydrogens is 570 g/mol. The van der Waals surface area contributed by atoms with Gasteiger partial charge in [-0.25, -0.2) is 0 Å². The van der Waals surface area contributed by atoms with Crippen LogP contribution in [0.1, 0.15) is 51.9 Å². The summed E-state index contributed by atoms with van der Waals surface area (Å²) in [4.78, 5) is 32.6. The van der Waals surface area contributed by atoms with Crippen LogP contribution in [-0.2, 0) is 35.9 Å². The van der Waals surface area contributed by atoms with Gasteiger partial charge in [-0.3, -0.25) is 9.59 Å². The van der Waals surface area contributed by atoms with E-state index in [0.717, 1.165) is 72.6 Å². The summed E-state index contributed by atoms with van der Waals surface area (Å²) in [6.07, 6.45) is 4.79. The molecule has 1 aromatic heterocycles. The fourth-order valence-corrected chi connectivity index (χ4v) is 6.32. The number of carbonyl (C=O) groups is 1. The second-order valence-corrected chi connectivity index (χ2v) is 12.2. The second-order valence-electron chi connectivity index (χ2n) is 12.2. The molecule has 0 saturated carbocycles. The van der Waals surface area contributed by atoms with Crippen molar-refractivity contribution in [3.8, 4) is 11.5 Å². The van der Waals surface area contributed by atoms with E-state index in [1.54, 1.807) is 14.2 Å². The summed E-state index contributed by atoms with van der Waals surface area (Å²) in [5.41, 5.74) is 4.40. The normalized spacial score (nSPS) is 19.0. The number of hydrogen-bond acceptors (Lipinski definition) is 7. The summed E-state index contributed by atoms with van der Waals surface area (Å²) >= 11 is 0. The Morgan fingerprint density at radius 2 is 1.33 bits per heavy atom. The molecule has 2 N–H and O–H groups in total. The van der Waals surface area contributed by atoms with E-state index in [4.69, 9.17) is 18.9 Å². The molecule has 3 fully saturated rings. The zero-order chi connectivity index (χ0) is 31.2. The lowest BCUT2D eigenvalue weighted by atomic mass is 9.72. The number of aromatic amines is 1. The molecule has 0 spiro atoms. The monoisotopic (exact) mass is 611 g/mol. The number of ether oxygens (including phenoxy) is 4. The summed E-state index contributed by atoms with van der Waals surface area (Å²) in [7, 11) is 3.28. The SMILES string of the molecule is COc1ccc(COCc2cc3[nH]cc(C(=O)NCC45CCN(CC4)CC5)c(=O)c3cc2COCc2ccc(OC)cc2)cc1. The van der Waals surface area contributed by atoms with E-state index in [2.05, 4.69) is 15.2 Å². The Morgan fingerprint density at radius 1 is 0.800 bits per heavy atom. The number of H-pyrrole nitrogens is 1. The number of nitrogens with zero attached hydrogens (tertiary/aromatic N) is 1. The highest BCUT2D eigenvalue weighted by Crippen LogP contribution is 2.39. The van der Waals surface area contributed by atoms with Crippen LogP contribution in [0.4, 0.5) is 0 Å². The van der Waals surface area contributed by atoms with Crippen molar-refractivity contribution in [3.63, 3.8) is 0 Å². The molecule has 0 radical (unpaired) electrons. The molecule has 3 aliphatic heterocycles. The number of rotatable bonds is 13. The predicted octanol–water partition coefficient (Wildman–Crippen LogP) is 5.19. The van der Waals surface area contributed by atoms with E-state index in [0.29, 0.717) is 37.3 Å². The minimum Gasteiger partial charge on any atom is -0.497 e. The Bertz CT molecular complexity index is 1660. The van der Waals surface area contributed by atoms with Crippen molar-refractivity contribution in [1.29, 1.82) is 0 Å². The smallest absolute Gasteiger partial charge is 0.256 e. The summed E-state index contributed by atoms with van der Waals surface area (Å²) in [6, 6.07) is 19.2. The lowest BCUT2D eigenvalue weighted by Gasteiger charge is -2.48. The number of hydrogen-bond donors (Lipinski definition) is 2. The fourth-order valence-electron chi connectivity index (χ4n) is 6.32. The minimum absolute atomic E-state index is 0.126. The lowest BCUT2D eigenvalue weighted by Crippen LogP contribution is -2.52. The molecule has 45 heavy (non-hydrogen) atoms. The zero-order valence-corrected chi connectivity index (χ0v) is 26.0. The summed E-state index contributed by atoms with van der Waals surface area (Å²) in [6.45, 7) is 5.28. The molecule has 2 bridgehead atoms. The number of amides is 1. The Morgan fingerprint density at radius 3 is 1.87 bits per heavy atom. The maximum Gasteiger partial charge on any atom is 0.256 e. The van der Waals surface area contributed by atoms with Crippen LogP contribution in [0.5, 0.6) is 11.5 Å². The van der Waals surface area contributed by atoms with Crippen LogP contribution in [0.25, 0.3) is 10.9 Å². The van der Waals surface area contributed by atoms with Gasteiger partial charge in [0.2, 0.25) is 5.43 Å². The standard InChI is InChI=1S/C36H41N3O6/c1-42-29-7-3-25(4-8-29)20-44-22-27-17-31-33(18-28(27)23-45-21-26-5-9-30(43-2)10-6-26)37-19-32(34(31)40)35(41)38-24-36-11-14-39(15-12-36)16-13-36/h3-10,17-19H,11-16,20-24H2,1-2H3,(H,37,40)(H,38,41). The topological polar surface area (TPSA) is 102 Å². The highest BCUT2D eigenvalue weighted by atomic mass is 16.5. The maximum absolute atomic E-state index is 13.7. The molecule has 3 aromatic carbocycles. The van der Waals surface area contributed by atoms with Crippen LogP contribution in [-0.4, -0.2) is 56.2 Å². The van der Waals surface area contributed by atoms with Crippen molar-refractivity contribution >= 4 is 16.8 Å². The fraction of sp³-hybridized carbons (Fsp3) is 0.389. The Balaban J connectivity index is 1.20. The van der Waals surface area contributed by atoms with Crippen LogP contribution in [0.3, 0.4) is 0 Å². The first-order valence-corrected chi connectivity index (χ1v) is 15.5. The van der Waals surface area contributed by atoms with Crippen LogP contribution in [0, 0.1) is 5.41 Å². The largest absolute Gasteiger partial charge is 0.497 e. The molecule has 7 rings (SSSR count). The first-order chi connectivity index (χ1) is 21.9. The summed E-state index contributed by atoms with van der Waals surface area (Å²) < 4.78 is 22.7. The third-order valence-corrected chi connectivity index (χ3v) is 9.32. The van der Waals surface area contributed by atoms with E-state index in [-0.39, 0.29) is 28.9 Å². The first-order valence-electron chi connectivity index (χ1n) is 15.5. The van der Waals surface area contributed by atoms with Crippen LogP contribution in [0.15, 0.2) is 71.7 Å². The van der Waals surface area contributed by atoms with Crippen LogP contribution in [0.2, 0.25) is 0 Å². The third kappa shape index (κ3) is 7.22. The molecular formula is C36H41N3O6. The Hall–Kier alpha value is -4.18. The van der Waals surface area contributed by atoms with E-state index in [9.17, 15) is 9.59 Å². The molecule has 1 amide bonds. The molecule has 9 nitrogen and oxygen atoms in total. The molecule has 4 aromatic rings. The predicted molar refractivity (Wildman–Crippen MR) is 173 cm³/mol. The van der Waals surface area contributed by atoms with Gasteiger partial charge >= 0.3 is 0 Å². The second kappa shape index (κ2) is 13.9. The van der Waals surface area contributed by atoms with Crippen LogP contribution < -0.4 is 20.2 Å². The molecule has 3 aliphatic rings. The highest BCUT2D eigenvalue weighted by molar-refractivity contribution is 5.97.